The fourth-order valence-corrected chi connectivity index (χ4v) is 1.64. The zero-order valence-electron chi connectivity index (χ0n) is 11.0. The number of urea groups is 1. The van der Waals surface area contributed by atoms with Crippen molar-refractivity contribution in [2.24, 2.45) is 0 Å². The number of ether oxygens (including phenoxy) is 2. The van der Waals surface area contributed by atoms with Crippen molar-refractivity contribution in [2.75, 3.05) is 26.1 Å². The Bertz CT molecular complexity index is 507. The smallest absolute Gasteiger partial charge is 0.319 e. The maximum Gasteiger partial charge on any atom is 0.319 e. The third-order valence-corrected chi connectivity index (χ3v) is 2.64. The van der Waals surface area contributed by atoms with E-state index in [4.69, 9.17) is 26.2 Å². The van der Waals surface area contributed by atoms with Crippen LogP contribution in [-0.4, -0.2) is 37.9 Å². The highest BCUT2D eigenvalue weighted by Crippen LogP contribution is 2.35. The number of halogens is 1. The van der Waals surface area contributed by atoms with Gasteiger partial charge in [0.15, 0.2) is 0 Å². The summed E-state index contributed by atoms with van der Waals surface area (Å²) in [6.07, 6.45) is -0.158. The van der Waals surface area contributed by atoms with Gasteiger partial charge < -0.3 is 25.2 Å². The molecule has 0 atom stereocenters. The molecule has 0 aliphatic heterocycles. The van der Waals surface area contributed by atoms with Gasteiger partial charge in [0.2, 0.25) is 0 Å². The molecule has 110 valence electrons. The van der Waals surface area contributed by atoms with Crippen molar-refractivity contribution in [3.63, 3.8) is 0 Å². The third kappa shape index (κ3) is 4.51. The first kappa shape index (κ1) is 15.9. The summed E-state index contributed by atoms with van der Waals surface area (Å²) in [5.74, 6) is -0.242. The molecule has 0 unspecified atom stereocenters. The molecule has 1 rings (SSSR count). The number of amides is 2. The second-order valence-electron chi connectivity index (χ2n) is 3.71. The Hall–Kier alpha value is -2.15. The molecular weight excluding hydrogens is 288 g/mol. The number of benzene rings is 1. The van der Waals surface area contributed by atoms with E-state index in [1.165, 1.54) is 26.4 Å². The number of carbonyl (C=O) groups is 2. The van der Waals surface area contributed by atoms with Crippen LogP contribution in [-0.2, 0) is 4.79 Å². The molecule has 8 heteroatoms. The fourth-order valence-electron chi connectivity index (χ4n) is 1.41. The van der Waals surface area contributed by atoms with Gasteiger partial charge in [-0.3, -0.25) is 4.79 Å². The first-order valence-electron chi connectivity index (χ1n) is 5.66. The lowest BCUT2D eigenvalue weighted by molar-refractivity contribution is -0.136. The number of methoxy groups -OCH3 is 2. The Labute approximate surface area is 120 Å². The van der Waals surface area contributed by atoms with Gasteiger partial charge >= 0.3 is 12.0 Å². The van der Waals surface area contributed by atoms with Crippen LogP contribution in [0.5, 0.6) is 11.5 Å². The van der Waals surface area contributed by atoms with Crippen molar-refractivity contribution in [3.8, 4) is 11.5 Å². The Morgan fingerprint density at radius 1 is 1.25 bits per heavy atom. The summed E-state index contributed by atoms with van der Waals surface area (Å²) in [6.45, 7) is 0.0220. The Morgan fingerprint density at radius 2 is 1.90 bits per heavy atom. The van der Waals surface area contributed by atoms with Crippen molar-refractivity contribution in [1.82, 2.24) is 5.32 Å². The number of anilines is 1. The fraction of sp³-hybridized carbons (Fsp3) is 0.333. The molecule has 0 aliphatic rings. The molecular formula is C12H15ClN2O5. The maximum atomic E-state index is 11.6. The Kier molecular flexibility index (Phi) is 5.92. The topological polar surface area (TPSA) is 96.9 Å². The molecule has 0 heterocycles. The average molecular weight is 303 g/mol. The summed E-state index contributed by atoms with van der Waals surface area (Å²) >= 11 is 5.94. The van der Waals surface area contributed by atoms with Crippen molar-refractivity contribution >= 4 is 29.3 Å². The second-order valence-corrected chi connectivity index (χ2v) is 4.12. The van der Waals surface area contributed by atoms with Gasteiger partial charge in [-0.15, -0.1) is 0 Å². The van der Waals surface area contributed by atoms with Gasteiger partial charge in [-0.1, -0.05) is 11.6 Å². The van der Waals surface area contributed by atoms with E-state index < -0.39 is 12.0 Å². The summed E-state index contributed by atoms with van der Waals surface area (Å²) in [5, 5.41) is 13.8. The van der Waals surface area contributed by atoms with Crippen LogP contribution in [0, 0.1) is 0 Å². The van der Waals surface area contributed by atoms with E-state index >= 15 is 0 Å². The van der Waals surface area contributed by atoms with E-state index in [2.05, 4.69) is 10.6 Å². The largest absolute Gasteiger partial charge is 0.495 e. The minimum absolute atomic E-state index is 0.0220. The number of nitrogens with one attached hydrogen (secondary N) is 2. The van der Waals surface area contributed by atoms with Gasteiger partial charge in [-0.2, -0.15) is 0 Å². The van der Waals surface area contributed by atoms with Crippen LogP contribution >= 0.6 is 11.6 Å². The molecule has 0 aliphatic carbocycles. The van der Waals surface area contributed by atoms with Crippen molar-refractivity contribution in [2.45, 2.75) is 6.42 Å². The summed E-state index contributed by atoms with van der Waals surface area (Å²) in [7, 11) is 2.88. The molecule has 3 N–H and O–H groups in total. The number of carboxylic acid groups (broad SMARTS) is 1. The molecule has 0 bridgehead atoms. The molecule has 0 aromatic heterocycles. The van der Waals surface area contributed by atoms with Crippen molar-refractivity contribution in [1.29, 1.82) is 0 Å². The standard InChI is InChI=1S/C12H15ClN2O5/c1-19-9-6-8(10(20-2)5-7(9)13)15-12(18)14-4-3-11(16)17/h5-6H,3-4H2,1-2H3,(H,16,17)(H2,14,15,18). The first-order valence-corrected chi connectivity index (χ1v) is 6.04. The van der Waals surface area contributed by atoms with Gasteiger partial charge in [-0.05, 0) is 0 Å². The van der Waals surface area contributed by atoms with Gasteiger partial charge in [0.25, 0.3) is 0 Å². The van der Waals surface area contributed by atoms with Crippen LogP contribution in [0.4, 0.5) is 10.5 Å². The number of hydrogen-bond acceptors (Lipinski definition) is 4. The zero-order valence-corrected chi connectivity index (χ0v) is 11.8. The number of aliphatic carboxylic acids is 1. The lowest BCUT2D eigenvalue weighted by Crippen LogP contribution is -2.30. The minimum Gasteiger partial charge on any atom is -0.495 e. The highest BCUT2D eigenvalue weighted by atomic mass is 35.5. The molecule has 0 saturated heterocycles. The molecule has 0 fully saturated rings. The zero-order chi connectivity index (χ0) is 15.1. The summed E-state index contributed by atoms with van der Waals surface area (Å²) in [6, 6.07) is 2.47. The van der Waals surface area contributed by atoms with Crippen LogP contribution in [0.1, 0.15) is 6.42 Å². The number of carbonyl (C=O) groups excluding carboxylic acids is 1. The predicted octanol–water partition coefficient (Wildman–Crippen LogP) is 1.95. The highest BCUT2D eigenvalue weighted by molar-refractivity contribution is 6.32. The van der Waals surface area contributed by atoms with Crippen molar-refractivity contribution < 1.29 is 24.2 Å². The lowest BCUT2D eigenvalue weighted by Gasteiger charge is -2.13. The average Bonchev–Trinajstić information content (AvgIpc) is 2.39. The number of carboxylic acids is 1. The van der Waals surface area contributed by atoms with Crippen molar-refractivity contribution in [3.05, 3.63) is 17.2 Å². The maximum absolute atomic E-state index is 11.6. The van der Waals surface area contributed by atoms with Crippen LogP contribution in [0.3, 0.4) is 0 Å². The van der Waals surface area contributed by atoms with Crippen LogP contribution < -0.4 is 20.1 Å². The molecule has 0 spiro atoms. The predicted molar refractivity (Wildman–Crippen MR) is 73.8 cm³/mol. The lowest BCUT2D eigenvalue weighted by atomic mass is 10.2. The molecule has 1 aromatic rings. The van der Waals surface area contributed by atoms with E-state index in [1.54, 1.807) is 0 Å². The third-order valence-electron chi connectivity index (χ3n) is 2.35. The van der Waals surface area contributed by atoms with E-state index in [0.29, 0.717) is 22.2 Å². The van der Waals surface area contributed by atoms with E-state index in [-0.39, 0.29) is 13.0 Å². The normalized spacial score (nSPS) is 9.75. The van der Waals surface area contributed by atoms with Crippen LogP contribution in [0.15, 0.2) is 12.1 Å². The van der Waals surface area contributed by atoms with Gasteiger partial charge in [0, 0.05) is 18.7 Å². The number of rotatable bonds is 6. The van der Waals surface area contributed by atoms with Gasteiger partial charge in [0.1, 0.15) is 11.5 Å². The van der Waals surface area contributed by atoms with E-state index in [0.717, 1.165) is 0 Å². The minimum atomic E-state index is -0.990. The van der Waals surface area contributed by atoms with Gasteiger partial charge in [0.05, 0.1) is 31.4 Å². The second kappa shape index (κ2) is 7.44. The van der Waals surface area contributed by atoms with E-state index in [9.17, 15) is 9.59 Å². The SMILES string of the molecule is COc1cc(NC(=O)NCCC(=O)O)c(OC)cc1Cl. The monoisotopic (exact) mass is 302 g/mol. The molecule has 7 nitrogen and oxygen atoms in total. The van der Waals surface area contributed by atoms with Crippen LogP contribution in [0.2, 0.25) is 5.02 Å². The van der Waals surface area contributed by atoms with E-state index in [1.807, 2.05) is 0 Å². The summed E-state index contributed by atoms with van der Waals surface area (Å²) < 4.78 is 10.1. The van der Waals surface area contributed by atoms with Gasteiger partial charge in [-0.25, -0.2) is 4.79 Å². The highest BCUT2D eigenvalue weighted by Gasteiger charge is 2.12. The molecule has 0 saturated carbocycles. The Balaban J connectivity index is 2.75. The number of hydrogen-bond donors (Lipinski definition) is 3. The molecule has 0 radical (unpaired) electrons. The molecule has 1 aromatic carbocycles. The Morgan fingerprint density at radius 3 is 2.45 bits per heavy atom. The quantitative estimate of drug-likeness (QED) is 0.746. The summed E-state index contributed by atoms with van der Waals surface area (Å²) in [5.41, 5.74) is 0.363. The van der Waals surface area contributed by atoms with Crippen LogP contribution in [0.25, 0.3) is 0 Å². The molecule has 20 heavy (non-hydrogen) atoms. The molecule has 2 amide bonds. The first-order chi connectivity index (χ1) is 9.47. The summed E-state index contributed by atoms with van der Waals surface area (Å²) in [4.78, 5) is 21.9.